The zero-order valence-corrected chi connectivity index (χ0v) is 13.8. The molecule has 1 aliphatic carbocycles. The summed E-state index contributed by atoms with van der Waals surface area (Å²) < 4.78 is 5.53. The zero-order valence-electron chi connectivity index (χ0n) is 13.8. The Morgan fingerprint density at radius 3 is 2.75 bits per heavy atom. The highest BCUT2D eigenvalue weighted by Crippen LogP contribution is 2.29. The molecule has 0 atom stereocenters. The van der Waals surface area contributed by atoms with Crippen LogP contribution in [-0.4, -0.2) is 18.0 Å². The van der Waals surface area contributed by atoms with Crippen molar-refractivity contribution in [2.45, 2.75) is 50.5 Å². The maximum absolute atomic E-state index is 12.2. The highest BCUT2D eigenvalue weighted by molar-refractivity contribution is 5.93. The number of hydrogen-bond acceptors (Lipinski definition) is 4. The number of rotatable bonds is 5. The van der Waals surface area contributed by atoms with Crippen molar-refractivity contribution in [3.63, 3.8) is 0 Å². The summed E-state index contributed by atoms with van der Waals surface area (Å²) in [5, 5.41) is 3.30. The van der Waals surface area contributed by atoms with E-state index in [9.17, 15) is 9.59 Å². The second-order valence-corrected chi connectivity index (χ2v) is 6.75. The Morgan fingerprint density at radius 2 is 1.96 bits per heavy atom. The van der Waals surface area contributed by atoms with Gasteiger partial charge in [-0.2, -0.15) is 0 Å². The van der Waals surface area contributed by atoms with Gasteiger partial charge in [-0.15, -0.1) is 0 Å². The van der Waals surface area contributed by atoms with Crippen molar-refractivity contribution in [2.75, 3.05) is 6.54 Å². The molecule has 0 unspecified atom stereocenters. The van der Waals surface area contributed by atoms with Crippen LogP contribution in [-0.2, 0) is 0 Å². The van der Waals surface area contributed by atoms with Gasteiger partial charge in [0.25, 0.3) is 5.91 Å². The Morgan fingerprint density at radius 1 is 1.21 bits per heavy atom. The Kier molecular flexibility index (Phi) is 5.00. The topological polar surface area (TPSA) is 85.3 Å². The molecule has 5 heteroatoms. The van der Waals surface area contributed by atoms with Crippen molar-refractivity contribution in [3.8, 4) is 0 Å². The molecule has 1 aromatic heterocycles. The highest BCUT2D eigenvalue weighted by atomic mass is 16.3. The summed E-state index contributed by atoms with van der Waals surface area (Å²) in [6.07, 6.45) is 7.56. The number of nitrogens with two attached hydrogens (primary N) is 1. The van der Waals surface area contributed by atoms with Crippen LogP contribution in [0.1, 0.15) is 55.5 Å². The second kappa shape index (κ2) is 7.18. The first-order valence-corrected chi connectivity index (χ1v) is 8.67. The number of carbonyl (C=O) groups is 1. The Balaban J connectivity index is 1.56. The summed E-state index contributed by atoms with van der Waals surface area (Å²) in [5.41, 5.74) is 6.55. The molecule has 1 heterocycles. The normalized spacial score (nSPS) is 16.9. The third-order valence-electron chi connectivity index (χ3n) is 4.84. The summed E-state index contributed by atoms with van der Waals surface area (Å²) in [6.45, 7) is 0.536. The second-order valence-electron chi connectivity index (χ2n) is 6.75. The molecule has 1 fully saturated rings. The first kappa shape index (κ1) is 16.7. The average molecular weight is 328 g/mol. The minimum atomic E-state index is -0.354. The van der Waals surface area contributed by atoms with Gasteiger partial charge in [0, 0.05) is 18.2 Å². The van der Waals surface area contributed by atoms with Crippen molar-refractivity contribution >= 4 is 16.9 Å². The third kappa shape index (κ3) is 3.85. The molecule has 5 nitrogen and oxygen atoms in total. The van der Waals surface area contributed by atoms with Gasteiger partial charge in [0.1, 0.15) is 5.58 Å². The lowest BCUT2D eigenvalue weighted by molar-refractivity contribution is 0.0924. The summed E-state index contributed by atoms with van der Waals surface area (Å²) >= 11 is 0. The standard InChI is InChI=1S/C19H24N2O3/c20-19(9-4-1-5-10-19)11-6-12-21-18(23)17-13-15(22)14-7-2-3-8-16(14)24-17/h2-3,7-8,13H,1,4-6,9-12,20H2,(H,21,23). The van der Waals surface area contributed by atoms with Gasteiger partial charge in [0.05, 0.1) is 5.39 Å². The predicted octanol–water partition coefficient (Wildman–Crippen LogP) is 2.96. The van der Waals surface area contributed by atoms with Gasteiger partial charge in [-0.05, 0) is 37.8 Å². The number of para-hydroxylation sites is 1. The molecule has 3 N–H and O–H groups in total. The van der Waals surface area contributed by atoms with Crippen LogP contribution in [0.3, 0.4) is 0 Å². The van der Waals surface area contributed by atoms with E-state index in [-0.39, 0.29) is 22.6 Å². The molecule has 24 heavy (non-hydrogen) atoms. The smallest absolute Gasteiger partial charge is 0.287 e. The summed E-state index contributed by atoms with van der Waals surface area (Å²) in [4.78, 5) is 24.2. The predicted molar refractivity (Wildman–Crippen MR) is 94.1 cm³/mol. The molecule has 0 aliphatic heterocycles. The lowest BCUT2D eigenvalue weighted by Crippen LogP contribution is -2.42. The van der Waals surface area contributed by atoms with E-state index in [4.69, 9.17) is 10.2 Å². The fourth-order valence-corrected chi connectivity index (χ4v) is 3.45. The van der Waals surface area contributed by atoms with E-state index in [1.54, 1.807) is 24.3 Å². The van der Waals surface area contributed by atoms with Crippen molar-refractivity contribution in [1.29, 1.82) is 0 Å². The van der Waals surface area contributed by atoms with Gasteiger partial charge in [-0.3, -0.25) is 9.59 Å². The molecule has 0 bridgehead atoms. The number of amides is 1. The van der Waals surface area contributed by atoms with E-state index >= 15 is 0 Å². The van der Waals surface area contributed by atoms with Crippen molar-refractivity contribution in [1.82, 2.24) is 5.32 Å². The number of carbonyl (C=O) groups excluding carboxylic acids is 1. The SMILES string of the molecule is NC1(CCCNC(=O)c2cc(=O)c3ccccc3o2)CCCCC1. The lowest BCUT2D eigenvalue weighted by Gasteiger charge is -2.33. The van der Waals surface area contributed by atoms with E-state index < -0.39 is 0 Å². The van der Waals surface area contributed by atoms with Gasteiger partial charge < -0.3 is 15.5 Å². The molecule has 2 aromatic rings. The van der Waals surface area contributed by atoms with Crippen LogP contribution < -0.4 is 16.5 Å². The summed E-state index contributed by atoms with van der Waals surface area (Å²) in [6, 6.07) is 8.18. The number of fused-ring (bicyclic) bond motifs is 1. The maximum Gasteiger partial charge on any atom is 0.287 e. The molecular formula is C19H24N2O3. The summed E-state index contributed by atoms with van der Waals surface area (Å²) in [5.74, 6) is -0.300. The van der Waals surface area contributed by atoms with Crippen LogP contribution >= 0.6 is 0 Å². The number of nitrogens with one attached hydrogen (secondary N) is 1. The van der Waals surface area contributed by atoms with Crippen molar-refractivity contribution in [3.05, 3.63) is 46.3 Å². The molecule has 1 saturated carbocycles. The Bertz CT molecular complexity index is 776. The first-order chi connectivity index (χ1) is 11.6. The third-order valence-corrected chi connectivity index (χ3v) is 4.84. The minimum Gasteiger partial charge on any atom is -0.451 e. The van der Waals surface area contributed by atoms with Gasteiger partial charge >= 0.3 is 0 Å². The highest BCUT2D eigenvalue weighted by Gasteiger charge is 2.26. The quantitative estimate of drug-likeness (QED) is 0.826. The van der Waals surface area contributed by atoms with Gasteiger partial charge in [-0.25, -0.2) is 0 Å². The minimum absolute atomic E-state index is 0.0545. The van der Waals surface area contributed by atoms with Crippen LogP contribution in [0.25, 0.3) is 11.0 Å². The molecular weight excluding hydrogens is 304 g/mol. The fourth-order valence-electron chi connectivity index (χ4n) is 3.45. The maximum atomic E-state index is 12.2. The van der Waals surface area contributed by atoms with E-state index in [0.29, 0.717) is 17.5 Å². The van der Waals surface area contributed by atoms with Crippen molar-refractivity contribution < 1.29 is 9.21 Å². The lowest BCUT2D eigenvalue weighted by atomic mass is 9.79. The van der Waals surface area contributed by atoms with Gasteiger partial charge in [0.2, 0.25) is 0 Å². The van der Waals surface area contributed by atoms with Gasteiger partial charge in [0.15, 0.2) is 11.2 Å². The first-order valence-electron chi connectivity index (χ1n) is 8.67. The van der Waals surface area contributed by atoms with E-state index in [1.165, 1.54) is 25.3 Å². The molecule has 1 aromatic carbocycles. The molecule has 128 valence electrons. The van der Waals surface area contributed by atoms with Crippen LogP contribution in [0.5, 0.6) is 0 Å². The summed E-state index contributed by atoms with van der Waals surface area (Å²) in [7, 11) is 0. The fraction of sp³-hybridized carbons (Fsp3) is 0.474. The van der Waals surface area contributed by atoms with Gasteiger partial charge in [-0.1, -0.05) is 31.4 Å². The van der Waals surface area contributed by atoms with Crippen molar-refractivity contribution in [2.24, 2.45) is 5.73 Å². The van der Waals surface area contributed by atoms with E-state index in [2.05, 4.69) is 5.32 Å². The van der Waals surface area contributed by atoms with E-state index in [0.717, 1.165) is 25.7 Å². The number of hydrogen-bond donors (Lipinski definition) is 2. The molecule has 1 amide bonds. The van der Waals surface area contributed by atoms with Crippen LogP contribution in [0.2, 0.25) is 0 Å². The van der Waals surface area contributed by atoms with Crippen LogP contribution in [0, 0.1) is 0 Å². The average Bonchev–Trinajstić information content (AvgIpc) is 2.59. The van der Waals surface area contributed by atoms with Crippen LogP contribution in [0.4, 0.5) is 0 Å². The molecule has 0 radical (unpaired) electrons. The Hall–Kier alpha value is -2.14. The van der Waals surface area contributed by atoms with Crippen LogP contribution in [0.15, 0.2) is 39.5 Å². The monoisotopic (exact) mass is 328 g/mol. The Labute approximate surface area is 141 Å². The van der Waals surface area contributed by atoms with E-state index in [1.807, 2.05) is 0 Å². The number of benzene rings is 1. The molecule has 3 rings (SSSR count). The molecule has 0 spiro atoms. The zero-order chi connectivity index (χ0) is 17.0. The molecule has 1 aliphatic rings. The molecule has 0 saturated heterocycles. The largest absolute Gasteiger partial charge is 0.451 e.